The van der Waals surface area contributed by atoms with Crippen LogP contribution in [0.25, 0.3) is 11.8 Å². The van der Waals surface area contributed by atoms with E-state index in [1.807, 2.05) is 11.5 Å². The van der Waals surface area contributed by atoms with Crippen molar-refractivity contribution >= 4 is 63.0 Å². The van der Waals surface area contributed by atoms with Crippen LogP contribution in [-0.4, -0.2) is 37.7 Å². The van der Waals surface area contributed by atoms with Crippen molar-refractivity contribution in [2.24, 2.45) is 10.1 Å². The van der Waals surface area contributed by atoms with Gasteiger partial charge in [-0.1, -0.05) is 23.2 Å². The van der Waals surface area contributed by atoms with Crippen molar-refractivity contribution in [2.45, 2.75) is 20.0 Å². The number of nitrogens with one attached hydrogen (secondary N) is 1. The van der Waals surface area contributed by atoms with Crippen molar-refractivity contribution in [2.75, 3.05) is 0 Å². The average Bonchev–Trinajstić information content (AvgIpc) is 3.19. The predicted octanol–water partition coefficient (Wildman–Crippen LogP) is 5.58. The Bertz CT molecular complexity index is 1230. The average molecular weight is 486 g/mol. The molecule has 0 fully saturated rings. The molecule has 4 rings (SSSR count). The van der Waals surface area contributed by atoms with E-state index in [9.17, 15) is 18.0 Å². The fourth-order valence-corrected chi connectivity index (χ4v) is 4.53. The van der Waals surface area contributed by atoms with Crippen LogP contribution in [-0.2, 0) is 4.79 Å². The van der Waals surface area contributed by atoms with E-state index in [-0.39, 0.29) is 22.5 Å². The van der Waals surface area contributed by atoms with E-state index < -0.39 is 23.0 Å². The van der Waals surface area contributed by atoms with E-state index in [1.54, 1.807) is 31.2 Å². The number of hydrogen-bond acceptors (Lipinski definition) is 4. The van der Waals surface area contributed by atoms with Gasteiger partial charge in [0.1, 0.15) is 0 Å². The lowest BCUT2D eigenvalue weighted by Crippen LogP contribution is -2.35. The van der Waals surface area contributed by atoms with E-state index in [4.69, 9.17) is 28.6 Å². The maximum Gasteiger partial charge on any atom is 0.441 e. The Balaban J connectivity index is 1.76. The van der Waals surface area contributed by atoms with Gasteiger partial charge in [0.2, 0.25) is 10.2 Å². The Kier molecular flexibility index (Phi) is 5.27. The Morgan fingerprint density at radius 1 is 1.13 bits per heavy atom. The van der Waals surface area contributed by atoms with E-state index >= 15 is 0 Å². The first-order valence-corrected chi connectivity index (χ1v) is 10.3. The topological polar surface area (TPSA) is 73.8 Å². The lowest BCUT2D eigenvalue weighted by molar-refractivity contribution is -0.114. The summed E-state index contributed by atoms with van der Waals surface area (Å²) < 4.78 is 40.7. The summed E-state index contributed by atoms with van der Waals surface area (Å²) in [7, 11) is 0. The molecule has 160 valence electrons. The normalized spacial score (nSPS) is 17.9. The van der Waals surface area contributed by atoms with Crippen LogP contribution < -0.4 is 0 Å². The van der Waals surface area contributed by atoms with E-state index in [2.05, 4.69) is 10.1 Å². The molecule has 1 N–H and O–H groups in total. The molecule has 3 heterocycles. The molecule has 2 aromatic rings. The van der Waals surface area contributed by atoms with Gasteiger partial charge in [-0.3, -0.25) is 10.2 Å². The van der Waals surface area contributed by atoms with Crippen molar-refractivity contribution in [1.82, 2.24) is 9.58 Å². The number of carbonyl (C=O) groups excluding carboxylic acids is 1. The SMILES string of the molecule is Cc1cc(/C=C2\C(=N)N3N=C(C(F)(F)F)SC3=NC2=O)c(C)n1-c1cc(Cl)cc(Cl)c1. The third-order valence-electron chi connectivity index (χ3n) is 4.57. The van der Waals surface area contributed by atoms with E-state index in [0.29, 0.717) is 27.0 Å². The molecule has 1 aromatic carbocycles. The van der Waals surface area contributed by atoms with Crippen LogP contribution in [0.5, 0.6) is 0 Å². The Hall–Kier alpha value is -2.56. The lowest BCUT2D eigenvalue weighted by atomic mass is 10.1. The van der Waals surface area contributed by atoms with Gasteiger partial charge in [0, 0.05) is 27.1 Å². The van der Waals surface area contributed by atoms with Gasteiger partial charge in [-0.05, 0) is 61.5 Å². The summed E-state index contributed by atoms with van der Waals surface area (Å²) >= 11 is 12.4. The Labute approximate surface area is 188 Å². The zero-order valence-electron chi connectivity index (χ0n) is 15.9. The summed E-state index contributed by atoms with van der Waals surface area (Å²) in [4.78, 5) is 16.1. The number of fused-ring (bicyclic) bond motifs is 1. The molecular formula is C19H12Cl2F3N5OS. The van der Waals surface area contributed by atoms with Crippen LogP contribution in [0.4, 0.5) is 13.2 Å². The standard InChI is InChI=1S/C19H12Cl2F3N5OS/c1-8-3-10(9(2)28(8)13-6-11(20)5-12(21)7-13)4-14-15(25)29-18(26-16(14)30)31-17(27-29)19(22,23)24/h3-7,25H,1-2H3/b14-4+,25-15?. The van der Waals surface area contributed by atoms with Gasteiger partial charge in [-0.15, -0.1) is 0 Å². The highest BCUT2D eigenvalue weighted by Crippen LogP contribution is 2.35. The Morgan fingerprint density at radius 3 is 2.39 bits per heavy atom. The molecule has 1 aromatic heterocycles. The summed E-state index contributed by atoms with van der Waals surface area (Å²) in [5.41, 5.74) is 2.65. The van der Waals surface area contributed by atoms with Gasteiger partial charge in [-0.2, -0.15) is 28.3 Å². The zero-order valence-corrected chi connectivity index (χ0v) is 18.2. The number of nitrogens with zero attached hydrogens (tertiary/aromatic N) is 4. The lowest BCUT2D eigenvalue weighted by Gasteiger charge is -2.20. The summed E-state index contributed by atoms with van der Waals surface area (Å²) in [6.07, 6.45) is -3.28. The number of benzene rings is 1. The molecule has 0 bridgehead atoms. The summed E-state index contributed by atoms with van der Waals surface area (Å²) in [5, 5.41) is 11.8. The number of amides is 1. The number of aliphatic imine (C=N–C) groups is 1. The minimum absolute atomic E-state index is 0.166. The molecule has 0 atom stereocenters. The highest BCUT2D eigenvalue weighted by atomic mass is 35.5. The largest absolute Gasteiger partial charge is 0.441 e. The minimum atomic E-state index is -4.69. The molecule has 12 heteroatoms. The quantitative estimate of drug-likeness (QED) is 0.564. The number of thioether (sulfide) groups is 1. The van der Waals surface area contributed by atoms with Crippen LogP contribution in [0, 0.1) is 19.3 Å². The van der Waals surface area contributed by atoms with Crippen molar-refractivity contribution in [3.8, 4) is 5.69 Å². The first-order valence-electron chi connectivity index (χ1n) is 8.68. The third kappa shape index (κ3) is 3.90. The highest BCUT2D eigenvalue weighted by Gasteiger charge is 2.46. The predicted molar refractivity (Wildman–Crippen MR) is 116 cm³/mol. The monoisotopic (exact) mass is 485 g/mol. The number of aromatic nitrogens is 1. The van der Waals surface area contributed by atoms with Gasteiger partial charge in [0.25, 0.3) is 5.91 Å². The highest BCUT2D eigenvalue weighted by molar-refractivity contribution is 8.27. The number of halogens is 5. The minimum Gasteiger partial charge on any atom is -0.318 e. The number of rotatable bonds is 2. The second-order valence-corrected chi connectivity index (χ2v) is 8.54. The van der Waals surface area contributed by atoms with Crippen molar-refractivity contribution in [3.63, 3.8) is 0 Å². The first kappa shape index (κ1) is 21.7. The van der Waals surface area contributed by atoms with Crippen LogP contribution in [0.1, 0.15) is 17.0 Å². The van der Waals surface area contributed by atoms with Crippen molar-refractivity contribution < 1.29 is 18.0 Å². The molecule has 0 saturated carbocycles. The molecule has 0 saturated heterocycles. The molecule has 6 nitrogen and oxygen atoms in total. The number of hydrogen-bond donors (Lipinski definition) is 1. The van der Waals surface area contributed by atoms with Gasteiger partial charge in [0.15, 0.2) is 5.84 Å². The molecule has 1 amide bonds. The van der Waals surface area contributed by atoms with Crippen molar-refractivity contribution in [1.29, 1.82) is 5.41 Å². The van der Waals surface area contributed by atoms with Gasteiger partial charge in [0.05, 0.1) is 5.57 Å². The molecule has 2 aliphatic rings. The van der Waals surface area contributed by atoms with Gasteiger partial charge >= 0.3 is 6.18 Å². The zero-order chi connectivity index (χ0) is 22.7. The van der Waals surface area contributed by atoms with Crippen LogP contribution in [0.2, 0.25) is 10.0 Å². The van der Waals surface area contributed by atoms with Crippen molar-refractivity contribution in [3.05, 3.63) is 56.8 Å². The fourth-order valence-electron chi connectivity index (χ4n) is 3.26. The van der Waals surface area contributed by atoms with E-state index in [1.165, 1.54) is 6.08 Å². The molecule has 0 aliphatic carbocycles. The van der Waals surface area contributed by atoms with Gasteiger partial charge in [-0.25, -0.2) is 0 Å². The smallest absolute Gasteiger partial charge is 0.318 e. The second kappa shape index (κ2) is 7.54. The maximum absolute atomic E-state index is 13.0. The fraction of sp³-hybridized carbons (Fsp3) is 0.158. The third-order valence-corrected chi connectivity index (χ3v) is 5.96. The van der Waals surface area contributed by atoms with Crippen LogP contribution >= 0.6 is 35.0 Å². The number of alkyl halides is 3. The summed E-state index contributed by atoms with van der Waals surface area (Å²) in [5.74, 6) is -1.28. The summed E-state index contributed by atoms with van der Waals surface area (Å²) in [6, 6.07) is 6.83. The maximum atomic E-state index is 13.0. The first-order chi connectivity index (χ1) is 14.5. The second-order valence-electron chi connectivity index (χ2n) is 6.71. The number of amidine groups is 2. The molecular weight excluding hydrogens is 474 g/mol. The Morgan fingerprint density at radius 2 is 1.77 bits per heavy atom. The van der Waals surface area contributed by atoms with Crippen LogP contribution in [0.15, 0.2) is 39.9 Å². The molecule has 31 heavy (non-hydrogen) atoms. The molecule has 2 aliphatic heterocycles. The van der Waals surface area contributed by atoms with E-state index in [0.717, 1.165) is 10.7 Å². The number of aryl methyl sites for hydroxylation is 1. The summed E-state index contributed by atoms with van der Waals surface area (Å²) in [6.45, 7) is 3.64. The van der Waals surface area contributed by atoms with Gasteiger partial charge < -0.3 is 4.57 Å². The van der Waals surface area contributed by atoms with Crippen LogP contribution in [0.3, 0.4) is 0 Å². The molecule has 0 unspecified atom stereocenters. The molecule has 0 radical (unpaired) electrons. The number of carbonyl (C=O) groups is 1. The number of hydrazone groups is 1. The molecule has 0 spiro atoms.